The SMILES string of the molecule is Cc1cc(C)cc(-n2c(/C=C/c3ccc(OCc4ccc(Cl)c(Cl)c4)cc3)nc3ccccc3c2=O)c1. The number of hydrogen-bond donors (Lipinski definition) is 0. The van der Waals surface area contributed by atoms with Crippen molar-refractivity contribution in [2.45, 2.75) is 20.5 Å². The number of aromatic nitrogens is 2. The number of hydrogen-bond acceptors (Lipinski definition) is 3. The summed E-state index contributed by atoms with van der Waals surface area (Å²) in [5, 5.41) is 1.61. The molecular weight excluding hydrogens is 503 g/mol. The highest BCUT2D eigenvalue weighted by Crippen LogP contribution is 2.24. The van der Waals surface area contributed by atoms with Gasteiger partial charge in [-0.1, -0.05) is 65.7 Å². The van der Waals surface area contributed by atoms with Crippen molar-refractivity contribution in [1.29, 1.82) is 0 Å². The molecule has 184 valence electrons. The number of fused-ring (bicyclic) bond motifs is 1. The van der Waals surface area contributed by atoms with E-state index < -0.39 is 0 Å². The Morgan fingerprint density at radius 2 is 1.57 bits per heavy atom. The first-order valence-corrected chi connectivity index (χ1v) is 12.6. The van der Waals surface area contributed by atoms with Crippen LogP contribution in [0.15, 0.2) is 89.7 Å². The molecule has 0 spiro atoms. The van der Waals surface area contributed by atoms with Crippen LogP contribution in [0.1, 0.15) is 28.1 Å². The molecule has 0 bridgehead atoms. The van der Waals surface area contributed by atoms with Crippen LogP contribution in [0, 0.1) is 13.8 Å². The standard InChI is InChI=1S/C31H24Cl2N2O2/c1-20-15-21(2)17-24(16-20)35-30(34-29-6-4-3-5-26(29)31(35)36)14-10-22-7-11-25(12-8-22)37-19-23-9-13-27(32)28(33)18-23/h3-18H,19H2,1-2H3/b14-10+. The highest BCUT2D eigenvalue weighted by Gasteiger charge is 2.12. The third-order valence-corrected chi connectivity index (χ3v) is 6.70. The van der Waals surface area contributed by atoms with Crippen LogP contribution in [0.3, 0.4) is 0 Å². The topological polar surface area (TPSA) is 44.1 Å². The first-order chi connectivity index (χ1) is 17.9. The monoisotopic (exact) mass is 526 g/mol. The molecule has 0 atom stereocenters. The van der Waals surface area contributed by atoms with E-state index in [0.717, 1.165) is 33.7 Å². The van der Waals surface area contributed by atoms with Crippen LogP contribution in [0.4, 0.5) is 0 Å². The van der Waals surface area contributed by atoms with Crippen molar-refractivity contribution in [2.75, 3.05) is 0 Å². The molecule has 0 saturated heterocycles. The third-order valence-electron chi connectivity index (χ3n) is 5.96. The van der Waals surface area contributed by atoms with Gasteiger partial charge in [0.15, 0.2) is 0 Å². The van der Waals surface area contributed by atoms with Gasteiger partial charge in [-0.05, 0) is 90.7 Å². The van der Waals surface area contributed by atoms with Crippen molar-refractivity contribution in [3.05, 3.63) is 133 Å². The van der Waals surface area contributed by atoms with Crippen LogP contribution in [0.5, 0.6) is 5.75 Å². The molecule has 0 aliphatic heterocycles. The Morgan fingerprint density at radius 1 is 0.838 bits per heavy atom. The van der Waals surface area contributed by atoms with Gasteiger partial charge in [-0.15, -0.1) is 0 Å². The Bertz CT molecular complexity index is 1670. The normalized spacial score (nSPS) is 11.4. The van der Waals surface area contributed by atoms with Gasteiger partial charge in [0.2, 0.25) is 0 Å². The van der Waals surface area contributed by atoms with Gasteiger partial charge in [0.1, 0.15) is 18.2 Å². The molecule has 4 aromatic carbocycles. The van der Waals surface area contributed by atoms with Gasteiger partial charge in [0.25, 0.3) is 5.56 Å². The zero-order chi connectivity index (χ0) is 25.9. The fourth-order valence-electron chi connectivity index (χ4n) is 4.23. The molecule has 0 aliphatic rings. The zero-order valence-corrected chi connectivity index (χ0v) is 21.9. The molecule has 0 fully saturated rings. The molecule has 0 unspecified atom stereocenters. The maximum absolute atomic E-state index is 13.5. The molecular formula is C31H24Cl2N2O2. The Balaban J connectivity index is 1.44. The molecule has 1 aromatic heterocycles. The minimum atomic E-state index is -0.0960. The minimum absolute atomic E-state index is 0.0960. The number of para-hydroxylation sites is 1. The lowest BCUT2D eigenvalue weighted by atomic mass is 10.1. The summed E-state index contributed by atoms with van der Waals surface area (Å²) in [5.74, 6) is 1.30. The summed E-state index contributed by atoms with van der Waals surface area (Å²) in [6.45, 7) is 4.43. The average molecular weight is 527 g/mol. The molecule has 6 heteroatoms. The van der Waals surface area contributed by atoms with E-state index in [9.17, 15) is 4.79 Å². The highest BCUT2D eigenvalue weighted by molar-refractivity contribution is 6.42. The van der Waals surface area contributed by atoms with Gasteiger partial charge in [-0.25, -0.2) is 4.98 Å². The van der Waals surface area contributed by atoms with E-state index in [2.05, 4.69) is 6.07 Å². The summed E-state index contributed by atoms with van der Waals surface area (Å²) in [6, 6.07) is 26.7. The van der Waals surface area contributed by atoms with E-state index in [0.29, 0.717) is 33.4 Å². The maximum atomic E-state index is 13.5. The molecule has 5 rings (SSSR count). The number of ether oxygens (including phenoxy) is 1. The van der Waals surface area contributed by atoms with E-state index in [1.165, 1.54) is 0 Å². The van der Waals surface area contributed by atoms with Gasteiger partial charge in [-0.2, -0.15) is 0 Å². The van der Waals surface area contributed by atoms with Crippen LogP contribution >= 0.6 is 23.2 Å². The largest absolute Gasteiger partial charge is 0.489 e. The van der Waals surface area contributed by atoms with Gasteiger partial charge in [-0.3, -0.25) is 9.36 Å². The molecule has 1 heterocycles. The van der Waals surface area contributed by atoms with Crippen molar-refractivity contribution >= 4 is 46.3 Å². The number of benzene rings is 4. The van der Waals surface area contributed by atoms with Crippen molar-refractivity contribution in [3.63, 3.8) is 0 Å². The van der Waals surface area contributed by atoms with Gasteiger partial charge in [0, 0.05) is 0 Å². The van der Waals surface area contributed by atoms with Crippen LogP contribution < -0.4 is 10.3 Å². The molecule has 5 aromatic rings. The van der Waals surface area contributed by atoms with E-state index in [1.54, 1.807) is 16.7 Å². The average Bonchev–Trinajstić information content (AvgIpc) is 2.88. The van der Waals surface area contributed by atoms with Gasteiger partial charge >= 0.3 is 0 Å². The predicted octanol–water partition coefficient (Wildman–Crippen LogP) is 8.06. The molecule has 0 saturated carbocycles. The minimum Gasteiger partial charge on any atom is -0.489 e. The second-order valence-electron chi connectivity index (χ2n) is 8.91. The zero-order valence-electron chi connectivity index (χ0n) is 20.4. The predicted molar refractivity (Wildman–Crippen MR) is 153 cm³/mol. The first kappa shape index (κ1) is 24.8. The molecule has 37 heavy (non-hydrogen) atoms. The van der Waals surface area contributed by atoms with Crippen molar-refractivity contribution in [2.24, 2.45) is 0 Å². The Labute approximate surface area is 225 Å². The Hall–Kier alpha value is -3.86. The fourth-order valence-corrected chi connectivity index (χ4v) is 4.55. The van der Waals surface area contributed by atoms with Crippen molar-refractivity contribution < 1.29 is 4.74 Å². The quantitative estimate of drug-likeness (QED) is 0.224. The van der Waals surface area contributed by atoms with E-state index >= 15 is 0 Å². The number of rotatable bonds is 6. The highest BCUT2D eigenvalue weighted by atomic mass is 35.5. The lowest BCUT2D eigenvalue weighted by molar-refractivity contribution is 0.306. The lowest BCUT2D eigenvalue weighted by Crippen LogP contribution is -2.22. The summed E-state index contributed by atoms with van der Waals surface area (Å²) >= 11 is 12.1. The van der Waals surface area contributed by atoms with Crippen LogP contribution in [0.25, 0.3) is 28.7 Å². The fraction of sp³-hybridized carbons (Fsp3) is 0.0968. The van der Waals surface area contributed by atoms with E-state index in [1.807, 2.05) is 92.7 Å². The molecule has 0 N–H and O–H groups in total. The molecule has 0 aliphatic carbocycles. The molecule has 4 nitrogen and oxygen atoms in total. The summed E-state index contributed by atoms with van der Waals surface area (Å²) in [7, 11) is 0. The van der Waals surface area contributed by atoms with Gasteiger partial charge < -0.3 is 4.74 Å². The first-order valence-electron chi connectivity index (χ1n) is 11.8. The van der Waals surface area contributed by atoms with Gasteiger partial charge in [0.05, 0.1) is 26.6 Å². The van der Waals surface area contributed by atoms with Crippen molar-refractivity contribution in [1.82, 2.24) is 9.55 Å². The van der Waals surface area contributed by atoms with Crippen molar-refractivity contribution in [3.8, 4) is 11.4 Å². The Morgan fingerprint density at radius 3 is 2.30 bits per heavy atom. The van der Waals surface area contributed by atoms with E-state index in [4.69, 9.17) is 32.9 Å². The maximum Gasteiger partial charge on any atom is 0.266 e. The number of nitrogens with zero attached hydrogens (tertiary/aromatic N) is 2. The smallest absolute Gasteiger partial charge is 0.266 e. The molecule has 0 amide bonds. The summed E-state index contributed by atoms with van der Waals surface area (Å²) in [6.07, 6.45) is 3.82. The summed E-state index contributed by atoms with van der Waals surface area (Å²) in [4.78, 5) is 18.3. The van der Waals surface area contributed by atoms with E-state index in [-0.39, 0.29) is 5.56 Å². The second kappa shape index (κ2) is 10.6. The van der Waals surface area contributed by atoms with Crippen LogP contribution in [0.2, 0.25) is 10.0 Å². The summed E-state index contributed by atoms with van der Waals surface area (Å²) in [5.41, 5.74) is 5.43. The lowest BCUT2D eigenvalue weighted by Gasteiger charge is -2.13. The number of aryl methyl sites for hydroxylation is 2. The second-order valence-corrected chi connectivity index (χ2v) is 9.73. The Kier molecular flexibility index (Phi) is 7.13. The van der Waals surface area contributed by atoms with Crippen LogP contribution in [-0.2, 0) is 6.61 Å². The van der Waals surface area contributed by atoms with Crippen LogP contribution in [-0.4, -0.2) is 9.55 Å². The molecule has 0 radical (unpaired) electrons. The number of halogens is 2. The third kappa shape index (κ3) is 5.61. The summed E-state index contributed by atoms with van der Waals surface area (Å²) < 4.78 is 7.56.